The zero-order chi connectivity index (χ0) is 16.7. The van der Waals surface area contributed by atoms with Gasteiger partial charge in [-0.1, -0.05) is 6.42 Å². The maximum absolute atomic E-state index is 12.1. The number of aliphatic hydroxyl groups excluding tert-OH is 1. The Kier molecular flexibility index (Phi) is 7.11. The smallest absolute Gasteiger partial charge is 0.267 e. The molecule has 2 N–H and O–H groups in total. The summed E-state index contributed by atoms with van der Waals surface area (Å²) in [6.07, 6.45) is 7.76. The lowest BCUT2D eigenvalue weighted by Crippen LogP contribution is -2.41. The Hall–Kier alpha value is -1.34. The lowest BCUT2D eigenvalue weighted by Gasteiger charge is -2.16. The van der Waals surface area contributed by atoms with E-state index < -0.39 is 0 Å². The molecule has 0 spiro atoms. The standard InChI is InChI=1S/C16H25N3O3S/c1-23-8-7-13(11-20)17-15(21)10-19-16(22)9-12-5-3-2-4-6-14(12)18-19/h9,13,20H,2-8,10-11H2,1H3,(H,17,21). The molecule has 128 valence electrons. The molecule has 1 heterocycles. The number of thioether (sulfide) groups is 1. The van der Waals surface area contributed by atoms with Crippen molar-refractivity contribution in [2.24, 2.45) is 0 Å². The minimum absolute atomic E-state index is 0.0954. The minimum atomic E-state index is -0.284. The molecule has 0 bridgehead atoms. The van der Waals surface area contributed by atoms with Crippen molar-refractivity contribution in [2.45, 2.75) is 51.1 Å². The zero-order valence-corrected chi connectivity index (χ0v) is 14.4. The summed E-state index contributed by atoms with van der Waals surface area (Å²) in [5.41, 5.74) is 1.74. The monoisotopic (exact) mass is 339 g/mol. The van der Waals surface area contributed by atoms with Crippen LogP contribution in [-0.4, -0.2) is 45.5 Å². The number of nitrogens with one attached hydrogen (secondary N) is 1. The molecule has 0 fully saturated rings. The van der Waals surface area contributed by atoms with Gasteiger partial charge in [0.15, 0.2) is 0 Å². The molecule has 0 aliphatic heterocycles. The Bertz CT molecular complexity index is 588. The Morgan fingerprint density at radius 1 is 1.43 bits per heavy atom. The first-order valence-electron chi connectivity index (χ1n) is 8.13. The van der Waals surface area contributed by atoms with E-state index in [2.05, 4.69) is 10.4 Å². The number of amides is 1. The van der Waals surface area contributed by atoms with Crippen LogP contribution in [0.1, 0.15) is 36.9 Å². The Labute approximate surface area is 140 Å². The molecule has 1 aromatic heterocycles. The van der Waals surface area contributed by atoms with Gasteiger partial charge in [0.2, 0.25) is 5.91 Å². The number of fused-ring (bicyclic) bond motifs is 1. The highest BCUT2D eigenvalue weighted by Gasteiger charge is 2.15. The first kappa shape index (κ1) is 18.0. The summed E-state index contributed by atoms with van der Waals surface area (Å²) in [5.74, 6) is 0.580. The Morgan fingerprint density at radius 3 is 2.96 bits per heavy atom. The predicted octanol–water partition coefficient (Wildman–Crippen LogP) is 0.742. The van der Waals surface area contributed by atoms with Crippen LogP contribution in [0.5, 0.6) is 0 Å². The molecule has 7 heteroatoms. The van der Waals surface area contributed by atoms with Gasteiger partial charge in [-0.3, -0.25) is 9.59 Å². The third kappa shape index (κ3) is 5.35. The van der Waals surface area contributed by atoms with Crippen LogP contribution in [0.25, 0.3) is 0 Å². The highest BCUT2D eigenvalue weighted by molar-refractivity contribution is 7.98. The molecule has 6 nitrogen and oxygen atoms in total. The van der Waals surface area contributed by atoms with E-state index in [1.165, 1.54) is 4.68 Å². The number of hydrogen-bond acceptors (Lipinski definition) is 5. The topological polar surface area (TPSA) is 84.2 Å². The van der Waals surface area contributed by atoms with E-state index in [4.69, 9.17) is 0 Å². The molecule has 0 aromatic carbocycles. The van der Waals surface area contributed by atoms with Crippen LogP contribution in [-0.2, 0) is 24.2 Å². The normalized spacial score (nSPS) is 15.6. The molecule has 1 aromatic rings. The van der Waals surface area contributed by atoms with Crippen LogP contribution in [0.15, 0.2) is 10.9 Å². The van der Waals surface area contributed by atoms with Gasteiger partial charge in [0.05, 0.1) is 18.3 Å². The van der Waals surface area contributed by atoms with E-state index in [0.29, 0.717) is 6.42 Å². The van der Waals surface area contributed by atoms with Crippen molar-refractivity contribution in [1.29, 1.82) is 0 Å². The van der Waals surface area contributed by atoms with E-state index in [-0.39, 0.29) is 30.7 Å². The van der Waals surface area contributed by atoms with Crippen molar-refractivity contribution >= 4 is 17.7 Å². The molecule has 0 saturated carbocycles. The molecule has 0 radical (unpaired) electrons. The molecule has 2 rings (SSSR count). The van der Waals surface area contributed by atoms with Crippen LogP contribution in [0.3, 0.4) is 0 Å². The van der Waals surface area contributed by atoms with Gasteiger partial charge >= 0.3 is 0 Å². The van der Waals surface area contributed by atoms with E-state index in [0.717, 1.165) is 49.1 Å². The largest absolute Gasteiger partial charge is 0.394 e. The van der Waals surface area contributed by atoms with Crippen LogP contribution in [0.4, 0.5) is 0 Å². The third-order valence-corrected chi connectivity index (χ3v) is 4.72. The van der Waals surface area contributed by atoms with E-state index in [9.17, 15) is 14.7 Å². The molecule has 1 aliphatic carbocycles. The van der Waals surface area contributed by atoms with Crippen molar-refractivity contribution < 1.29 is 9.90 Å². The van der Waals surface area contributed by atoms with Crippen molar-refractivity contribution in [2.75, 3.05) is 18.6 Å². The maximum atomic E-state index is 12.1. The van der Waals surface area contributed by atoms with Crippen LogP contribution >= 0.6 is 11.8 Å². The molecular formula is C16H25N3O3S. The molecular weight excluding hydrogens is 314 g/mol. The van der Waals surface area contributed by atoms with Crippen LogP contribution in [0, 0.1) is 0 Å². The van der Waals surface area contributed by atoms with Crippen molar-refractivity contribution in [3.63, 3.8) is 0 Å². The van der Waals surface area contributed by atoms with Crippen molar-refractivity contribution in [3.05, 3.63) is 27.7 Å². The summed E-state index contributed by atoms with van der Waals surface area (Å²) in [4.78, 5) is 24.2. The lowest BCUT2D eigenvalue weighted by molar-refractivity contribution is -0.123. The van der Waals surface area contributed by atoms with Gasteiger partial charge in [-0.05, 0) is 49.7 Å². The van der Waals surface area contributed by atoms with Crippen LogP contribution in [0.2, 0.25) is 0 Å². The molecule has 1 aliphatic rings. The summed E-state index contributed by atoms with van der Waals surface area (Å²) < 4.78 is 1.24. The summed E-state index contributed by atoms with van der Waals surface area (Å²) in [6, 6.07) is 1.35. The highest BCUT2D eigenvalue weighted by Crippen LogP contribution is 2.16. The van der Waals surface area contributed by atoms with Crippen LogP contribution < -0.4 is 10.9 Å². The van der Waals surface area contributed by atoms with Gasteiger partial charge in [0.25, 0.3) is 5.56 Å². The van der Waals surface area contributed by atoms with Gasteiger partial charge in [0, 0.05) is 6.07 Å². The van der Waals surface area contributed by atoms with E-state index >= 15 is 0 Å². The number of carbonyl (C=O) groups is 1. The van der Waals surface area contributed by atoms with Gasteiger partial charge in [0.1, 0.15) is 6.54 Å². The van der Waals surface area contributed by atoms with E-state index in [1.807, 2.05) is 6.26 Å². The zero-order valence-electron chi connectivity index (χ0n) is 13.6. The number of aliphatic hydroxyl groups is 1. The number of aryl methyl sites for hydroxylation is 2. The molecule has 23 heavy (non-hydrogen) atoms. The maximum Gasteiger partial charge on any atom is 0.267 e. The van der Waals surface area contributed by atoms with Gasteiger partial charge in [-0.25, -0.2) is 4.68 Å². The number of aromatic nitrogens is 2. The summed E-state index contributed by atoms with van der Waals surface area (Å²) in [5, 5.41) is 16.5. The average molecular weight is 339 g/mol. The fourth-order valence-electron chi connectivity index (χ4n) is 2.77. The summed E-state index contributed by atoms with van der Waals surface area (Å²) in [6.45, 7) is -0.194. The minimum Gasteiger partial charge on any atom is -0.394 e. The highest BCUT2D eigenvalue weighted by atomic mass is 32.2. The third-order valence-electron chi connectivity index (χ3n) is 4.07. The van der Waals surface area contributed by atoms with Gasteiger partial charge in [-0.2, -0.15) is 16.9 Å². The van der Waals surface area contributed by atoms with Gasteiger partial charge in [-0.15, -0.1) is 0 Å². The fraction of sp³-hybridized carbons (Fsp3) is 0.688. The summed E-state index contributed by atoms with van der Waals surface area (Å²) >= 11 is 1.67. The second kappa shape index (κ2) is 9.08. The number of hydrogen-bond donors (Lipinski definition) is 2. The summed E-state index contributed by atoms with van der Waals surface area (Å²) in [7, 11) is 0. The molecule has 1 atom stereocenters. The van der Waals surface area contributed by atoms with E-state index in [1.54, 1.807) is 17.8 Å². The quantitative estimate of drug-likeness (QED) is 0.716. The van der Waals surface area contributed by atoms with Gasteiger partial charge < -0.3 is 10.4 Å². The predicted molar refractivity (Wildman–Crippen MR) is 91.8 cm³/mol. The molecule has 1 unspecified atom stereocenters. The lowest BCUT2D eigenvalue weighted by atomic mass is 10.1. The van der Waals surface area contributed by atoms with Crippen molar-refractivity contribution in [3.8, 4) is 0 Å². The fourth-order valence-corrected chi connectivity index (χ4v) is 3.29. The SMILES string of the molecule is CSCCC(CO)NC(=O)Cn1nc2c(cc1=O)CCCCC2. The molecule has 0 saturated heterocycles. The Morgan fingerprint density at radius 2 is 2.22 bits per heavy atom. The number of carbonyl (C=O) groups excluding carboxylic acids is 1. The second-order valence-corrected chi connectivity index (χ2v) is 6.89. The second-order valence-electron chi connectivity index (χ2n) is 5.90. The Balaban J connectivity index is 2.03. The molecule has 1 amide bonds. The number of rotatable bonds is 7. The first-order chi connectivity index (χ1) is 11.1. The average Bonchev–Trinajstić information content (AvgIpc) is 2.76. The number of nitrogens with zero attached hydrogens (tertiary/aromatic N) is 2. The first-order valence-corrected chi connectivity index (χ1v) is 9.52. The van der Waals surface area contributed by atoms with Crippen molar-refractivity contribution in [1.82, 2.24) is 15.1 Å².